The van der Waals surface area contributed by atoms with E-state index in [9.17, 15) is 0 Å². The van der Waals surface area contributed by atoms with Crippen molar-refractivity contribution in [1.29, 1.82) is 0 Å². The van der Waals surface area contributed by atoms with Crippen molar-refractivity contribution < 1.29 is 19.8 Å². The fourth-order valence-corrected chi connectivity index (χ4v) is 0.881. The first kappa shape index (κ1) is 13.9. The van der Waals surface area contributed by atoms with Crippen LogP contribution in [0.3, 0.4) is 0 Å². The summed E-state index contributed by atoms with van der Waals surface area (Å²) in [7, 11) is 0. The van der Waals surface area contributed by atoms with Crippen molar-refractivity contribution >= 4 is 17.6 Å². The zero-order valence-corrected chi connectivity index (χ0v) is 8.80. The minimum atomic E-state index is -1.82. The predicted molar refractivity (Wildman–Crippen MR) is 58.9 cm³/mol. The third-order valence-electron chi connectivity index (χ3n) is 1.68. The smallest absolute Gasteiger partial charge is 0.414 e. The first-order chi connectivity index (χ1) is 7.51. The molecule has 16 heavy (non-hydrogen) atoms. The molecule has 0 saturated carbocycles. The van der Waals surface area contributed by atoms with Crippen molar-refractivity contribution in [3.05, 3.63) is 29.8 Å². The van der Waals surface area contributed by atoms with Crippen molar-refractivity contribution in [1.82, 2.24) is 0 Å². The Morgan fingerprint density at radius 1 is 1.31 bits per heavy atom. The van der Waals surface area contributed by atoms with Gasteiger partial charge in [-0.05, 0) is 24.1 Å². The Kier molecular flexibility index (Phi) is 6.30. The largest absolute Gasteiger partial charge is 0.473 e. The first-order valence-corrected chi connectivity index (χ1v) is 4.53. The molecule has 0 heterocycles. The van der Waals surface area contributed by atoms with E-state index in [1.807, 2.05) is 18.2 Å². The molecule has 0 bridgehead atoms. The number of carboxylic acid groups (broad SMARTS) is 2. The highest BCUT2D eigenvalue weighted by molar-refractivity contribution is 6.27. The number of aryl methyl sites for hydroxylation is 1. The van der Waals surface area contributed by atoms with Gasteiger partial charge in [-0.25, -0.2) is 9.59 Å². The molecule has 0 atom stereocenters. The molecule has 88 valence electrons. The van der Waals surface area contributed by atoms with Crippen LogP contribution in [0, 0.1) is 0 Å². The molecule has 1 rings (SSSR count). The average molecular weight is 226 g/mol. The molecule has 0 amide bonds. The van der Waals surface area contributed by atoms with E-state index in [0.29, 0.717) is 0 Å². The van der Waals surface area contributed by atoms with Gasteiger partial charge in [-0.3, -0.25) is 5.84 Å². The standard InChI is InChI=1S/C8H12N2.C2H2O4/c1-2-7-4-3-5-8(6-7)10-9;3-1(4)2(5)6/h3-6,10H,2,9H2,1H3;(H,3,4)(H,5,6). The van der Waals surface area contributed by atoms with E-state index in [2.05, 4.69) is 18.4 Å². The molecule has 0 aliphatic carbocycles. The Morgan fingerprint density at radius 2 is 1.88 bits per heavy atom. The van der Waals surface area contributed by atoms with E-state index >= 15 is 0 Å². The number of hydrazine groups is 1. The Bertz CT molecular complexity index is 334. The summed E-state index contributed by atoms with van der Waals surface area (Å²) in [5.74, 6) is 1.58. The van der Waals surface area contributed by atoms with Gasteiger partial charge in [0, 0.05) is 5.69 Å². The van der Waals surface area contributed by atoms with Crippen molar-refractivity contribution in [2.75, 3.05) is 5.43 Å². The van der Waals surface area contributed by atoms with Crippen LogP contribution in [-0.4, -0.2) is 22.2 Å². The second-order valence-electron chi connectivity index (χ2n) is 2.81. The topological polar surface area (TPSA) is 113 Å². The normalized spacial score (nSPS) is 8.62. The number of benzene rings is 1. The number of hydrogen-bond acceptors (Lipinski definition) is 4. The summed E-state index contributed by atoms with van der Waals surface area (Å²) >= 11 is 0. The van der Waals surface area contributed by atoms with Gasteiger partial charge < -0.3 is 15.6 Å². The Morgan fingerprint density at radius 3 is 2.25 bits per heavy atom. The van der Waals surface area contributed by atoms with Crippen LogP contribution in [0.2, 0.25) is 0 Å². The summed E-state index contributed by atoms with van der Waals surface area (Å²) in [5, 5.41) is 14.8. The molecule has 1 aromatic carbocycles. The van der Waals surface area contributed by atoms with Crippen LogP contribution in [0.1, 0.15) is 12.5 Å². The van der Waals surface area contributed by atoms with Crippen LogP contribution in [0.15, 0.2) is 24.3 Å². The van der Waals surface area contributed by atoms with E-state index in [0.717, 1.165) is 12.1 Å². The highest BCUT2D eigenvalue weighted by Gasteiger charge is 2.04. The molecule has 0 saturated heterocycles. The molecule has 1 aromatic rings. The van der Waals surface area contributed by atoms with Crippen LogP contribution >= 0.6 is 0 Å². The summed E-state index contributed by atoms with van der Waals surface area (Å²) in [6, 6.07) is 8.06. The summed E-state index contributed by atoms with van der Waals surface area (Å²) in [6.45, 7) is 2.12. The van der Waals surface area contributed by atoms with Gasteiger partial charge in [0.25, 0.3) is 0 Å². The summed E-state index contributed by atoms with van der Waals surface area (Å²) in [5.41, 5.74) is 4.87. The van der Waals surface area contributed by atoms with Crippen molar-refractivity contribution in [2.45, 2.75) is 13.3 Å². The fraction of sp³-hybridized carbons (Fsp3) is 0.200. The molecule has 0 aliphatic rings. The molecule has 0 spiro atoms. The van der Waals surface area contributed by atoms with Crippen LogP contribution < -0.4 is 11.3 Å². The molecule has 0 fully saturated rings. The van der Waals surface area contributed by atoms with Crippen LogP contribution in [0.25, 0.3) is 0 Å². The first-order valence-electron chi connectivity index (χ1n) is 4.53. The molecular formula is C10H14N2O4. The zero-order valence-electron chi connectivity index (χ0n) is 8.80. The Labute approximate surface area is 92.7 Å². The highest BCUT2D eigenvalue weighted by atomic mass is 16.4. The van der Waals surface area contributed by atoms with E-state index in [1.165, 1.54) is 5.56 Å². The lowest BCUT2D eigenvalue weighted by Gasteiger charge is -2.00. The second-order valence-corrected chi connectivity index (χ2v) is 2.81. The summed E-state index contributed by atoms with van der Waals surface area (Å²) in [6.07, 6.45) is 1.05. The minimum Gasteiger partial charge on any atom is -0.473 e. The van der Waals surface area contributed by atoms with E-state index < -0.39 is 11.9 Å². The molecule has 6 nitrogen and oxygen atoms in total. The number of rotatable bonds is 2. The van der Waals surface area contributed by atoms with Gasteiger partial charge in [0.05, 0.1) is 0 Å². The van der Waals surface area contributed by atoms with Gasteiger partial charge in [0.15, 0.2) is 0 Å². The Balaban J connectivity index is 0.000000325. The fourth-order valence-electron chi connectivity index (χ4n) is 0.881. The maximum absolute atomic E-state index is 9.10. The molecular weight excluding hydrogens is 212 g/mol. The van der Waals surface area contributed by atoms with E-state index in [1.54, 1.807) is 0 Å². The zero-order chi connectivity index (χ0) is 12.6. The summed E-state index contributed by atoms with van der Waals surface area (Å²) in [4.78, 5) is 18.2. The van der Waals surface area contributed by atoms with E-state index in [4.69, 9.17) is 25.6 Å². The van der Waals surface area contributed by atoms with Crippen LogP contribution in [-0.2, 0) is 16.0 Å². The number of carbonyl (C=O) groups is 2. The Hall–Kier alpha value is -2.08. The summed E-state index contributed by atoms with van der Waals surface area (Å²) < 4.78 is 0. The number of nitrogen functional groups attached to an aromatic ring is 1. The average Bonchev–Trinajstić information content (AvgIpc) is 2.29. The van der Waals surface area contributed by atoms with Gasteiger partial charge in [0.1, 0.15) is 0 Å². The van der Waals surface area contributed by atoms with Gasteiger partial charge in [-0.2, -0.15) is 0 Å². The van der Waals surface area contributed by atoms with E-state index in [-0.39, 0.29) is 0 Å². The number of aliphatic carboxylic acids is 2. The van der Waals surface area contributed by atoms with Crippen molar-refractivity contribution in [3.8, 4) is 0 Å². The third-order valence-corrected chi connectivity index (χ3v) is 1.68. The SMILES string of the molecule is CCc1cccc(NN)c1.O=C(O)C(=O)O. The number of nitrogens with one attached hydrogen (secondary N) is 1. The number of carboxylic acids is 2. The van der Waals surface area contributed by atoms with Gasteiger partial charge in [-0.15, -0.1) is 0 Å². The number of nitrogens with two attached hydrogens (primary N) is 1. The number of hydrogen-bond donors (Lipinski definition) is 4. The van der Waals surface area contributed by atoms with Gasteiger partial charge in [0.2, 0.25) is 0 Å². The second kappa shape index (κ2) is 7.24. The molecule has 5 N–H and O–H groups in total. The van der Waals surface area contributed by atoms with Gasteiger partial charge >= 0.3 is 11.9 Å². The lowest BCUT2D eigenvalue weighted by molar-refractivity contribution is -0.159. The molecule has 0 aromatic heterocycles. The van der Waals surface area contributed by atoms with Crippen molar-refractivity contribution in [2.24, 2.45) is 5.84 Å². The predicted octanol–water partition coefficient (Wildman–Crippen LogP) is 0.690. The lowest BCUT2D eigenvalue weighted by Crippen LogP contribution is -2.09. The molecule has 0 unspecified atom stereocenters. The van der Waals surface area contributed by atoms with Crippen LogP contribution in [0.5, 0.6) is 0 Å². The molecule has 0 radical (unpaired) electrons. The van der Waals surface area contributed by atoms with Gasteiger partial charge in [-0.1, -0.05) is 19.1 Å². The lowest BCUT2D eigenvalue weighted by atomic mass is 10.1. The maximum atomic E-state index is 9.10. The minimum absolute atomic E-state index is 0.972. The quantitative estimate of drug-likeness (QED) is 0.335. The molecule has 0 aliphatic heterocycles. The molecule has 6 heteroatoms. The third kappa shape index (κ3) is 5.61. The highest BCUT2D eigenvalue weighted by Crippen LogP contribution is 2.08. The maximum Gasteiger partial charge on any atom is 0.414 e. The van der Waals surface area contributed by atoms with Crippen LogP contribution in [0.4, 0.5) is 5.69 Å². The van der Waals surface area contributed by atoms with Crippen molar-refractivity contribution in [3.63, 3.8) is 0 Å². The monoisotopic (exact) mass is 226 g/mol. The number of anilines is 1.